The van der Waals surface area contributed by atoms with Crippen LogP contribution in [0.5, 0.6) is 0 Å². The number of halogens is 1. The smallest absolute Gasteiger partial charge is 0.344 e. The van der Waals surface area contributed by atoms with Gasteiger partial charge in [0.1, 0.15) is 0 Å². The van der Waals surface area contributed by atoms with Gasteiger partial charge >= 0.3 is 5.69 Å². The van der Waals surface area contributed by atoms with Gasteiger partial charge in [-0.15, -0.1) is 5.10 Å². The SMILES string of the molecule is Cn1nc(NCCC(=N)c2ccc(Cl)cc2)[nH]c1=O. The van der Waals surface area contributed by atoms with E-state index in [1.807, 2.05) is 12.1 Å². The standard InChI is InChI=1S/C12H14ClN5O/c1-18-12(19)16-11(17-18)15-7-6-10(14)8-2-4-9(13)5-3-8/h2-5,14H,6-7H2,1H3,(H2,15,16,17,19). The van der Waals surface area contributed by atoms with Gasteiger partial charge in [-0.3, -0.25) is 4.98 Å². The highest BCUT2D eigenvalue weighted by Gasteiger charge is 2.03. The third kappa shape index (κ3) is 3.45. The number of anilines is 1. The number of nitrogens with zero attached hydrogens (tertiary/aromatic N) is 2. The summed E-state index contributed by atoms with van der Waals surface area (Å²) in [5.74, 6) is 0.413. The highest BCUT2D eigenvalue weighted by molar-refractivity contribution is 6.30. The fraction of sp³-hybridized carbons (Fsp3) is 0.250. The van der Waals surface area contributed by atoms with Crippen LogP contribution in [0.2, 0.25) is 5.02 Å². The van der Waals surface area contributed by atoms with Crippen molar-refractivity contribution in [2.24, 2.45) is 7.05 Å². The molecule has 6 nitrogen and oxygen atoms in total. The zero-order chi connectivity index (χ0) is 13.8. The molecule has 2 aromatic rings. The van der Waals surface area contributed by atoms with Gasteiger partial charge in [-0.05, 0) is 17.7 Å². The fourth-order valence-electron chi connectivity index (χ4n) is 1.58. The lowest BCUT2D eigenvalue weighted by Crippen LogP contribution is -2.13. The van der Waals surface area contributed by atoms with Crippen molar-refractivity contribution in [1.29, 1.82) is 5.41 Å². The Bertz CT molecular complexity index is 628. The second-order valence-electron chi connectivity index (χ2n) is 4.06. The molecular formula is C12H14ClN5O. The minimum atomic E-state index is -0.268. The van der Waals surface area contributed by atoms with Crippen LogP contribution in [0.1, 0.15) is 12.0 Å². The van der Waals surface area contributed by atoms with Gasteiger partial charge in [0.25, 0.3) is 0 Å². The Morgan fingerprint density at radius 3 is 2.74 bits per heavy atom. The molecule has 1 heterocycles. The Hall–Kier alpha value is -2.08. The average Bonchev–Trinajstić information content (AvgIpc) is 2.69. The van der Waals surface area contributed by atoms with Crippen LogP contribution in [-0.4, -0.2) is 27.0 Å². The molecule has 2 rings (SSSR count). The van der Waals surface area contributed by atoms with E-state index in [9.17, 15) is 4.79 Å². The number of aromatic amines is 1. The number of benzene rings is 1. The predicted molar refractivity (Wildman–Crippen MR) is 75.2 cm³/mol. The number of H-pyrrole nitrogens is 1. The highest BCUT2D eigenvalue weighted by atomic mass is 35.5. The Morgan fingerprint density at radius 1 is 1.47 bits per heavy atom. The Morgan fingerprint density at radius 2 is 2.16 bits per heavy atom. The lowest BCUT2D eigenvalue weighted by molar-refractivity contribution is 0.735. The molecule has 0 radical (unpaired) electrons. The maximum atomic E-state index is 11.1. The normalized spacial score (nSPS) is 10.4. The summed E-state index contributed by atoms with van der Waals surface area (Å²) < 4.78 is 1.22. The summed E-state index contributed by atoms with van der Waals surface area (Å²) in [5.41, 5.74) is 1.07. The van der Waals surface area contributed by atoms with E-state index in [2.05, 4.69) is 15.4 Å². The first-order chi connectivity index (χ1) is 9.06. The van der Waals surface area contributed by atoms with E-state index in [4.69, 9.17) is 17.0 Å². The molecular weight excluding hydrogens is 266 g/mol. The summed E-state index contributed by atoms with van der Waals surface area (Å²) in [6.07, 6.45) is 0.528. The number of rotatable bonds is 5. The third-order valence-electron chi connectivity index (χ3n) is 2.63. The molecule has 7 heteroatoms. The van der Waals surface area contributed by atoms with E-state index in [0.717, 1.165) is 5.56 Å². The van der Waals surface area contributed by atoms with Crippen molar-refractivity contribution in [3.8, 4) is 0 Å². The quantitative estimate of drug-likeness (QED) is 0.727. The van der Waals surface area contributed by atoms with Crippen LogP contribution in [0.4, 0.5) is 5.95 Å². The zero-order valence-corrected chi connectivity index (χ0v) is 11.2. The number of hydrogen-bond acceptors (Lipinski definition) is 4. The maximum absolute atomic E-state index is 11.1. The largest absolute Gasteiger partial charge is 0.354 e. The number of aryl methyl sites for hydroxylation is 1. The molecule has 0 fully saturated rings. The summed E-state index contributed by atoms with van der Waals surface area (Å²) in [6, 6.07) is 7.14. The van der Waals surface area contributed by atoms with Gasteiger partial charge in [0.2, 0.25) is 5.95 Å². The predicted octanol–water partition coefficient (Wildman–Crippen LogP) is 1.63. The molecule has 0 spiro atoms. The molecule has 19 heavy (non-hydrogen) atoms. The molecule has 0 saturated heterocycles. The summed E-state index contributed by atoms with van der Waals surface area (Å²) in [6.45, 7) is 0.522. The first-order valence-corrected chi connectivity index (χ1v) is 6.14. The molecule has 0 aliphatic heterocycles. The van der Waals surface area contributed by atoms with Crippen molar-refractivity contribution in [3.05, 3.63) is 45.3 Å². The maximum Gasteiger partial charge on any atom is 0.344 e. The van der Waals surface area contributed by atoms with Crippen LogP contribution in [0.15, 0.2) is 29.1 Å². The van der Waals surface area contributed by atoms with Crippen LogP contribution in [0.25, 0.3) is 0 Å². The van der Waals surface area contributed by atoms with E-state index in [1.54, 1.807) is 19.2 Å². The van der Waals surface area contributed by atoms with Crippen molar-refractivity contribution in [1.82, 2.24) is 14.8 Å². The second kappa shape index (κ2) is 5.71. The lowest BCUT2D eigenvalue weighted by atomic mass is 10.1. The van der Waals surface area contributed by atoms with E-state index >= 15 is 0 Å². The van der Waals surface area contributed by atoms with Crippen LogP contribution in [-0.2, 0) is 7.05 Å². The van der Waals surface area contributed by atoms with Crippen molar-refractivity contribution in [2.75, 3.05) is 11.9 Å². The topological polar surface area (TPSA) is 86.6 Å². The molecule has 3 N–H and O–H groups in total. The van der Waals surface area contributed by atoms with Crippen LogP contribution in [0.3, 0.4) is 0 Å². The van der Waals surface area contributed by atoms with Crippen LogP contribution in [0, 0.1) is 5.41 Å². The first kappa shape index (κ1) is 13.4. The van der Waals surface area contributed by atoms with Gasteiger partial charge in [0.15, 0.2) is 0 Å². The van der Waals surface area contributed by atoms with Gasteiger partial charge < -0.3 is 10.7 Å². The number of aromatic nitrogens is 3. The molecule has 0 aliphatic carbocycles. The summed E-state index contributed by atoms with van der Waals surface area (Å²) in [4.78, 5) is 13.7. The lowest BCUT2D eigenvalue weighted by Gasteiger charge is -2.05. The molecule has 0 atom stereocenters. The van der Waals surface area contributed by atoms with Gasteiger partial charge in [0, 0.05) is 30.7 Å². The fourth-order valence-corrected chi connectivity index (χ4v) is 1.71. The van der Waals surface area contributed by atoms with Gasteiger partial charge in [0.05, 0.1) is 0 Å². The van der Waals surface area contributed by atoms with E-state index < -0.39 is 0 Å². The van der Waals surface area contributed by atoms with Crippen molar-refractivity contribution in [2.45, 2.75) is 6.42 Å². The third-order valence-corrected chi connectivity index (χ3v) is 2.88. The van der Waals surface area contributed by atoms with Crippen LogP contribution < -0.4 is 11.0 Å². The highest BCUT2D eigenvalue weighted by Crippen LogP contribution is 2.11. The van der Waals surface area contributed by atoms with Crippen LogP contribution >= 0.6 is 11.6 Å². The van der Waals surface area contributed by atoms with Gasteiger partial charge in [-0.2, -0.15) is 0 Å². The van der Waals surface area contributed by atoms with Crippen molar-refractivity contribution >= 4 is 23.3 Å². The molecule has 0 unspecified atom stereocenters. The number of nitrogens with one attached hydrogen (secondary N) is 3. The minimum Gasteiger partial charge on any atom is -0.354 e. The Labute approximate surface area is 114 Å². The van der Waals surface area contributed by atoms with Crippen molar-refractivity contribution in [3.63, 3.8) is 0 Å². The monoisotopic (exact) mass is 279 g/mol. The molecule has 0 bridgehead atoms. The van der Waals surface area contributed by atoms with E-state index in [1.165, 1.54) is 4.68 Å². The Balaban J connectivity index is 1.87. The van der Waals surface area contributed by atoms with E-state index in [0.29, 0.717) is 29.6 Å². The molecule has 0 saturated carbocycles. The zero-order valence-electron chi connectivity index (χ0n) is 10.4. The molecule has 1 aromatic carbocycles. The van der Waals surface area contributed by atoms with Gasteiger partial charge in [-0.25, -0.2) is 9.48 Å². The second-order valence-corrected chi connectivity index (χ2v) is 4.50. The summed E-state index contributed by atoms with van der Waals surface area (Å²) in [5, 5.41) is 15.5. The minimum absolute atomic E-state index is 0.268. The number of hydrogen-bond donors (Lipinski definition) is 3. The molecule has 100 valence electrons. The molecule has 0 amide bonds. The summed E-state index contributed by atoms with van der Waals surface area (Å²) in [7, 11) is 1.57. The van der Waals surface area contributed by atoms with Gasteiger partial charge in [-0.1, -0.05) is 23.7 Å². The molecule has 1 aromatic heterocycles. The first-order valence-electron chi connectivity index (χ1n) is 5.77. The van der Waals surface area contributed by atoms with Crippen molar-refractivity contribution < 1.29 is 0 Å². The average molecular weight is 280 g/mol. The molecule has 0 aliphatic rings. The van der Waals surface area contributed by atoms with E-state index in [-0.39, 0.29) is 5.69 Å². The summed E-state index contributed by atoms with van der Waals surface area (Å²) >= 11 is 5.79. The Kier molecular flexibility index (Phi) is 4.01.